The molecule has 0 unspecified atom stereocenters. The van der Waals surface area contributed by atoms with E-state index in [1.54, 1.807) is 12.0 Å². The van der Waals surface area contributed by atoms with E-state index in [-0.39, 0.29) is 19.0 Å². The fourth-order valence-electron chi connectivity index (χ4n) is 1.72. The zero-order valence-corrected chi connectivity index (χ0v) is 11.8. The van der Waals surface area contributed by atoms with Crippen molar-refractivity contribution in [3.8, 4) is 0 Å². The fraction of sp³-hybridized carbons (Fsp3) is 0.500. The standard InChI is InChI=1S/C14H20F2N2O2/c1-3-18(14(19)9-17-6-7-20-2)10-11-4-5-12(15)13(16)8-11/h4-5,8,17H,3,6-7,9-10H2,1-2H3. The molecule has 0 aliphatic carbocycles. The van der Waals surface area contributed by atoms with Crippen LogP contribution in [0.5, 0.6) is 0 Å². The van der Waals surface area contributed by atoms with Crippen molar-refractivity contribution in [3.05, 3.63) is 35.4 Å². The summed E-state index contributed by atoms with van der Waals surface area (Å²) in [6.07, 6.45) is 0. The summed E-state index contributed by atoms with van der Waals surface area (Å²) < 4.78 is 30.8. The molecule has 0 bridgehead atoms. The molecule has 0 heterocycles. The highest BCUT2D eigenvalue weighted by atomic mass is 19.2. The van der Waals surface area contributed by atoms with Gasteiger partial charge in [-0.25, -0.2) is 8.78 Å². The maximum atomic E-state index is 13.1. The van der Waals surface area contributed by atoms with Gasteiger partial charge in [0.25, 0.3) is 0 Å². The van der Waals surface area contributed by atoms with Crippen molar-refractivity contribution in [1.29, 1.82) is 0 Å². The van der Waals surface area contributed by atoms with Crippen molar-refractivity contribution >= 4 is 5.91 Å². The summed E-state index contributed by atoms with van der Waals surface area (Å²) in [5, 5.41) is 2.96. The van der Waals surface area contributed by atoms with E-state index >= 15 is 0 Å². The molecule has 1 aromatic rings. The van der Waals surface area contributed by atoms with Crippen molar-refractivity contribution < 1.29 is 18.3 Å². The van der Waals surface area contributed by atoms with Crippen LogP contribution >= 0.6 is 0 Å². The number of carbonyl (C=O) groups excluding carboxylic acids is 1. The predicted molar refractivity (Wildman–Crippen MR) is 72.2 cm³/mol. The van der Waals surface area contributed by atoms with Gasteiger partial charge < -0.3 is 15.0 Å². The molecular formula is C14H20F2N2O2. The summed E-state index contributed by atoms with van der Waals surface area (Å²) >= 11 is 0. The van der Waals surface area contributed by atoms with Crippen LogP contribution in [0, 0.1) is 11.6 Å². The Hall–Kier alpha value is -1.53. The lowest BCUT2D eigenvalue weighted by molar-refractivity contribution is -0.130. The number of methoxy groups -OCH3 is 1. The van der Waals surface area contributed by atoms with Gasteiger partial charge in [-0.1, -0.05) is 6.07 Å². The van der Waals surface area contributed by atoms with Crippen LogP contribution in [0.4, 0.5) is 8.78 Å². The topological polar surface area (TPSA) is 41.6 Å². The van der Waals surface area contributed by atoms with E-state index in [1.165, 1.54) is 6.07 Å². The molecule has 0 radical (unpaired) electrons. The minimum absolute atomic E-state index is 0.0895. The molecule has 1 aromatic carbocycles. The highest BCUT2D eigenvalue weighted by molar-refractivity contribution is 5.78. The summed E-state index contributed by atoms with van der Waals surface area (Å²) in [5.41, 5.74) is 0.566. The Morgan fingerprint density at radius 3 is 2.70 bits per heavy atom. The highest BCUT2D eigenvalue weighted by Crippen LogP contribution is 2.11. The number of rotatable bonds is 8. The van der Waals surface area contributed by atoms with Crippen LogP contribution in [0.25, 0.3) is 0 Å². The molecule has 1 rings (SSSR count). The first kappa shape index (κ1) is 16.5. The van der Waals surface area contributed by atoms with Gasteiger partial charge in [-0.3, -0.25) is 4.79 Å². The van der Waals surface area contributed by atoms with Gasteiger partial charge in [0.2, 0.25) is 5.91 Å². The summed E-state index contributed by atoms with van der Waals surface area (Å²) in [6, 6.07) is 3.66. The first-order chi connectivity index (χ1) is 9.58. The van der Waals surface area contributed by atoms with Gasteiger partial charge in [-0.15, -0.1) is 0 Å². The zero-order valence-electron chi connectivity index (χ0n) is 11.8. The number of ether oxygens (including phenoxy) is 1. The summed E-state index contributed by atoms with van der Waals surface area (Å²) in [5.74, 6) is -1.87. The van der Waals surface area contributed by atoms with E-state index in [0.717, 1.165) is 12.1 Å². The summed E-state index contributed by atoms with van der Waals surface area (Å²) in [7, 11) is 1.59. The molecule has 0 saturated carbocycles. The summed E-state index contributed by atoms with van der Waals surface area (Å²) in [4.78, 5) is 13.5. The largest absolute Gasteiger partial charge is 0.383 e. The Labute approximate surface area is 117 Å². The van der Waals surface area contributed by atoms with Crippen LogP contribution in [0.15, 0.2) is 18.2 Å². The predicted octanol–water partition coefficient (Wildman–Crippen LogP) is 1.55. The molecule has 0 aromatic heterocycles. The van der Waals surface area contributed by atoms with Crippen LogP contribution < -0.4 is 5.32 Å². The Bertz CT molecular complexity index is 441. The molecule has 1 amide bonds. The normalized spacial score (nSPS) is 10.6. The number of amides is 1. The second-order valence-corrected chi connectivity index (χ2v) is 4.33. The van der Waals surface area contributed by atoms with Gasteiger partial charge in [0, 0.05) is 26.7 Å². The average Bonchev–Trinajstić information content (AvgIpc) is 2.44. The smallest absolute Gasteiger partial charge is 0.236 e. The molecule has 0 aliphatic heterocycles. The molecule has 1 N–H and O–H groups in total. The van der Waals surface area contributed by atoms with Crippen LogP contribution in [-0.2, 0) is 16.1 Å². The first-order valence-electron chi connectivity index (χ1n) is 6.49. The van der Waals surface area contributed by atoms with Gasteiger partial charge in [0.05, 0.1) is 13.2 Å². The molecule has 0 spiro atoms. The van der Waals surface area contributed by atoms with Crippen LogP contribution in [0.2, 0.25) is 0 Å². The number of hydrogen-bond acceptors (Lipinski definition) is 3. The monoisotopic (exact) mass is 286 g/mol. The molecule has 112 valence electrons. The lowest BCUT2D eigenvalue weighted by Gasteiger charge is -2.21. The number of nitrogens with one attached hydrogen (secondary N) is 1. The molecule has 0 atom stereocenters. The quantitative estimate of drug-likeness (QED) is 0.737. The van der Waals surface area contributed by atoms with Crippen molar-refractivity contribution in [2.75, 3.05) is 33.4 Å². The average molecular weight is 286 g/mol. The molecule has 0 fully saturated rings. The van der Waals surface area contributed by atoms with Crippen molar-refractivity contribution in [2.24, 2.45) is 0 Å². The molecule has 4 nitrogen and oxygen atoms in total. The second kappa shape index (κ2) is 8.60. The van der Waals surface area contributed by atoms with E-state index in [1.807, 2.05) is 6.92 Å². The Kier molecular flexibility index (Phi) is 7.11. The van der Waals surface area contributed by atoms with E-state index in [2.05, 4.69) is 5.32 Å². The number of halogens is 2. The van der Waals surface area contributed by atoms with Gasteiger partial charge in [-0.05, 0) is 24.6 Å². The molecule has 20 heavy (non-hydrogen) atoms. The molecule has 0 saturated heterocycles. The minimum atomic E-state index is -0.899. The Balaban J connectivity index is 2.52. The van der Waals surface area contributed by atoms with Crippen LogP contribution in [-0.4, -0.2) is 44.2 Å². The number of benzene rings is 1. The molecule has 6 heteroatoms. The van der Waals surface area contributed by atoms with E-state index in [4.69, 9.17) is 4.74 Å². The highest BCUT2D eigenvalue weighted by Gasteiger charge is 2.12. The van der Waals surface area contributed by atoms with Crippen LogP contribution in [0.3, 0.4) is 0 Å². The third kappa shape index (κ3) is 5.22. The SMILES string of the molecule is CCN(Cc1ccc(F)c(F)c1)C(=O)CNCCOC. The summed E-state index contributed by atoms with van der Waals surface area (Å²) in [6.45, 7) is 3.92. The number of hydrogen-bond donors (Lipinski definition) is 1. The molecular weight excluding hydrogens is 266 g/mol. The van der Waals surface area contributed by atoms with Crippen LogP contribution in [0.1, 0.15) is 12.5 Å². The Morgan fingerprint density at radius 2 is 2.10 bits per heavy atom. The van der Waals surface area contributed by atoms with Crippen molar-refractivity contribution in [1.82, 2.24) is 10.2 Å². The third-order valence-electron chi connectivity index (χ3n) is 2.85. The second-order valence-electron chi connectivity index (χ2n) is 4.33. The minimum Gasteiger partial charge on any atom is -0.383 e. The molecule has 0 aliphatic rings. The maximum Gasteiger partial charge on any atom is 0.236 e. The zero-order chi connectivity index (χ0) is 15.0. The first-order valence-corrected chi connectivity index (χ1v) is 6.49. The number of nitrogens with zero attached hydrogens (tertiary/aromatic N) is 1. The van der Waals surface area contributed by atoms with Gasteiger partial charge in [0.15, 0.2) is 11.6 Å². The lowest BCUT2D eigenvalue weighted by Crippen LogP contribution is -2.38. The van der Waals surface area contributed by atoms with E-state index in [9.17, 15) is 13.6 Å². The van der Waals surface area contributed by atoms with E-state index < -0.39 is 11.6 Å². The third-order valence-corrected chi connectivity index (χ3v) is 2.85. The lowest BCUT2D eigenvalue weighted by atomic mass is 10.2. The van der Waals surface area contributed by atoms with Crippen molar-refractivity contribution in [3.63, 3.8) is 0 Å². The van der Waals surface area contributed by atoms with Gasteiger partial charge in [0.1, 0.15) is 0 Å². The Morgan fingerprint density at radius 1 is 1.35 bits per heavy atom. The van der Waals surface area contributed by atoms with Gasteiger partial charge in [-0.2, -0.15) is 0 Å². The maximum absolute atomic E-state index is 13.1. The van der Waals surface area contributed by atoms with E-state index in [0.29, 0.717) is 25.3 Å². The van der Waals surface area contributed by atoms with Gasteiger partial charge >= 0.3 is 0 Å². The fourth-order valence-corrected chi connectivity index (χ4v) is 1.72. The van der Waals surface area contributed by atoms with Crippen molar-refractivity contribution in [2.45, 2.75) is 13.5 Å². The number of likely N-dealkylation sites (N-methyl/N-ethyl adjacent to an activating group) is 1. The number of carbonyl (C=O) groups is 1.